The zero-order valence-corrected chi connectivity index (χ0v) is 28.0. The molecular formula is C47H29N3O2. The van der Waals surface area contributed by atoms with Gasteiger partial charge in [-0.15, -0.1) is 0 Å². The first-order chi connectivity index (χ1) is 25.8. The topological polar surface area (TPSA) is 65.0 Å². The van der Waals surface area contributed by atoms with Crippen LogP contribution in [0, 0.1) is 0 Å². The molecule has 0 spiro atoms. The SMILES string of the molecule is C1=Cc2oc3cccc(-c4cccc5oc6ccccc6c45)c3c2C(c2nc(-c3ccccc3)nc(-c3cc4ccccc4c4ccccc34)n2)C1. The fourth-order valence-electron chi connectivity index (χ4n) is 8.17. The predicted molar refractivity (Wildman–Crippen MR) is 210 cm³/mol. The van der Waals surface area contributed by atoms with E-state index in [4.69, 9.17) is 23.8 Å². The van der Waals surface area contributed by atoms with Crippen LogP contribution < -0.4 is 0 Å². The maximum Gasteiger partial charge on any atom is 0.164 e. The van der Waals surface area contributed by atoms with Crippen LogP contribution in [0.25, 0.3) is 94.4 Å². The number of para-hydroxylation sites is 1. The molecule has 52 heavy (non-hydrogen) atoms. The highest BCUT2D eigenvalue weighted by atomic mass is 16.3. The van der Waals surface area contributed by atoms with Crippen molar-refractivity contribution in [3.63, 3.8) is 0 Å². The highest BCUT2D eigenvalue weighted by molar-refractivity contribution is 6.16. The Bertz CT molecular complexity index is 3060. The summed E-state index contributed by atoms with van der Waals surface area (Å²) in [5.74, 6) is 2.69. The van der Waals surface area contributed by atoms with Crippen molar-refractivity contribution in [1.82, 2.24) is 15.0 Å². The van der Waals surface area contributed by atoms with Crippen molar-refractivity contribution in [2.45, 2.75) is 12.3 Å². The van der Waals surface area contributed by atoms with Gasteiger partial charge in [-0.3, -0.25) is 0 Å². The monoisotopic (exact) mass is 667 g/mol. The van der Waals surface area contributed by atoms with Crippen molar-refractivity contribution in [2.75, 3.05) is 0 Å². The summed E-state index contributed by atoms with van der Waals surface area (Å²) in [5.41, 5.74) is 7.80. The van der Waals surface area contributed by atoms with Crippen LogP contribution in [0.1, 0.15) is 29.5 Å². The predicted octanol–water partition coefficient (Wildman–Crippen LogP) is 12.4. The number of rotatable bonds is 4. The molecule has 0 saturated heterocycles. The largest absolute Gasteiger partial charge is 0.456 e. The number of nitrogens with zero attached hydrogens (tertiary/aromatic N) is 3. The van der Waals surface area contributed by atoms with E-state index in [1.165, 1.54) is 10.8 Å². The van der Waals surface area contributed by atoms with E-state index in [9.17, 15) is 0 Å². The molecule has 0 saturated carbocycles. The second kappa shape index (κ2) is 11.3. The molecule has 0 amide bonds. The van der Waals surface area contributed by atoms with E-state index in [0.29, 0.717) is 11.6 Å². The molecule has 3 heterocycles. The van der Waals surface area contributed by atoms with Gasteiger partial charge in [-0.1, -0.05) is 127 Å². The minimum Gasteiger partial charge on any atom is -0.456 e. The van der Waals surface area contributed by atoms with Gasteiger partial charge in [-0.2, -0.15) is 0 Å². The zero-order valence-electron chi connectivity index (χ0n) is 28.0. The molecule has 7 aromatic carbocycles. The number of fused-ring (bicyclic) bond motifs is 9. The second-order valence-electron chi connectivity index (χ2n) is 13.4. The molecule has 0 aliphatic heterocycles. The first-order valence-electron chi connectivity index (χ1n) is 17.6. The summed E-state index contributed by atoms with van der Waals surface area (Å²) in [6, 6.07) is 50.3. The van der Waals surface area contributed by atoms with Crippen LogP contribution in [0.3, 0.4) is 0 Å². The summed E-state index contributed by atoms with van der Waals surface area (Å²) in [7, 11) is 0. The highest BCUT2D eigenvalue weighted by Crippen LogP contribution is 2.47. The third-order valence-electron chi connectivity index (χ3n) is 10.5. The molecule has 5 nitrogen and oxygen atoms in total. The average Bonchev–Trinajstić information content (AvgIpc) is 3.80. The molecule has 3 aromatic heterocycles. The lowest BCUT2D eigenvalue weighted by Crippen LogP contribution is -2.12. The molecule has 0 fully saturated rings. The van der Waals surface area contributed by atoms with Gasteiger partial charge in [0.25, 0.3) is 0 Å². The smallest absolute Gasteiger partial charge is 0.164 e. The summed E-state index contributed by atoms with van der Waals surface area (Å²) in [6.45, 7) is 0. The van der Waals surface area contributed by atoms with Crippen LogP contribution in [0.15, 0.2) is 161 Å². The van der Waals surface area contributed by atoms with Gasteiger partial charge in [-0.25, -0.2) is 15.0 Å². The van der Waals surface area contributed by atoms with Gasteiger partial charge in [0.2, 0.25) is 0 Å². The summed E-state index contributed by atoms with van der Waals surface area (Å²) in [6.07, 6.45) is 5.00. The number of allylic oxidation sites excluding steroid dienone is 1. The van der Waals surface area contributed by atoms with E-state index in [0.717, 1.165) is 89.5 Å². The van der Waals surface area contributed by atoms with Crippen LogP contribution in [-0.2, 0) is 0 Å². The molecule has 1 atom stereocenters. The number of benzene rings is 7. The third kappa shape index (κ3) is 4.39. The Morgan fingerprint density at radius 2 is 1.13 bits per heavy atom. The Kier molecular flexibility index (Phi) is 6.31. The van der Waals surface area contributed by atoms with E-state index >= 15 is 0 Å². The summed E-state index contributed by atoms with van der Waals surface area (Å²) >= 11 is 0. The molecule has 11 rings (SSSR count). The van der Waals surface area contributed by atoms with Gasteiger partial charge >= 0.3 is 0 Å². The Labute approximate surface area is 298 Å². The Morgan fingerprint density at radius 3 is 1.98 bits per heavy atom. The molecular weight excluding hydrogens is 639 g/mol. The van der Waals surface area contributed by atoms with Gasteiger partial charge in [0, 0.05) is 32.8 Å². The summed E-state index contributed by atoms with van der Waals surface area (Å²) in [4.78, 5) is 15.8. The van der Waals surface area contributed by atoms with E-state index in [-0.39, 0.29) is 5.92 Å². The zero-order chi connectivity index (χ0) is 34.2. The van der Waals surface area contributed by atoms with Crippen LogP contribution >= 0.6 is 0 Å². The van der Waals surface area contributed by atoms with Crippen LogP contribution in [0.5, 0.6) is 0 Å². The van der Waals surface area contributed by atoms with Crippen LogP contribution in [0.2, 0.25) is 0 Å². The van der Waals surface area contributed by atoms with Gasteiger partial charge in [-0.05, 0) is 69.4 Å². The lowest BCUT2D eigenvalue weighted by molar-refractivity contribution is 0.586. The number of hydrogen-bond donors (Lipinski definition) is 0. The van der Waals surface area contributed by atoms with Gasteiger partial charge in [0.05, 0.1) is 5.92 Å². The number of furan rings is 2. The molecule has 0 radical (unpaired) electrons. The molecule has 244 valence electrons. The maximum atomic E-state index is 6.64. The lowest BCUT2D eigenvalue weighted by Gasteiger charge is -2.20. The molecule has 1 aliphatic rings. The van der Waals surface area contributed by atoms with E-state index < -0.39 is 0 Å². The fraction of sp³-hybridized carbons (Fsp3) is 0.0426. The van der Waals surface area contributed by atoms with Gasteiger partial charge in [0.15, 0.2) is 11.6 Å². The number of hydrogen-bond acceptors (Lipinski definition) is 5. The van der Waals surface area contributed by atoms with Gasteiger partial charge in [0.1, 0.15) is 28.3 Å². The second-order valence-corrected chi connectivity index (χ2v) is 13.4. The van der Waals surface area contributed by atoms with Crippen molar-refractivity contribution in [3.05, 3.63) is 169 Å². The average molecular weight is 668 g/mol. The van der Waals surface area contributed by atoms with Crippen LogP contribution in [0.4, 0.5) is 0 Å². The number of aromatic nitrogens is 3. The maximum absolute atomic E-state index is 6.64. The molecule has 0 N–H and O–H groups in total. The minimum absolute atomic E-state index is 0.168. The normalized spacial score (nSPS) is 14.2. The Morgan fingerprint density at radius 1 is 0.481 bits per heavy atom. The van der Waals surface area contributed by atoms with Crippen LogP contribution in [-0.4, -0.2) is 15.0 Å². The summed E-state index contributed by atoms with van der Waals surface area (Å²) in [5, 5.41) is 7.90. The van der Waals surface area contributed by atoms with Crippen molar-refractivity contribution in [1.29, 1.82) is 0 Å². The summed E-state index contributed by atoms with van der Waals surface area (Å²) < 4.78 is 13.0. The quantitative estimate of drug-likeness (QED) is 0.175. The molecule has 10 aromatic rings. The fourth-order valence-corrected chi connectivity index (χ4v) is 8.17. The molecule has 0 bridgehead atoms. The minimum atomic E-state index is -0.168. The molecule has 5 heteroatoms. The Hall–Kier alpha value is -6.85. The Balaban J connectivity index is 1.17. The van der Waals surface area contributed by atoms with Gasteiger partial charge < -0.3 is 8.83 Å². The van der Waals surface area contributed by atoms with E-state index in [1.54, 1.807) is 0 Å². The standard InChI is InChI=1S/C47H29N3O2/c1-2-13-28(14-3-1)45-48-46(50-47(49-45)37-27-29-15-4-5-16-30(29)31-17-6-7-18-32(31)37)36-22-12-26-41-44(36)43-34(21-11-25-40(43)52-41)33-20-10-24-39-42(33)35-19-8-9-23-38(35)51-39/h1-21,23-27,36H,22H2. The molecule has 1 unspecified atom stereocenters. The first kappa shape index (κ1) is 28.9. The molecule has 1 aliphatic carbocycles. The van der Waals surface area contributed by atoms with Crippen molar-refractivity contribution < 1.29 is 8.83 Å². The van der Waals surface area contributed by atoms with E-state index in [1.807, 2.05) is 36.4 Å². The lowest BCUT2D eigenvalue weighted by atomic mass is 9.85. The van der Waals surface area contributed by atoms with Crippen molar-refractivity contribution in [3.8, 4) is 33.9 Å². The first-order valence-corrected chi connectivity index (χ1v) is 17.6. The highest BCUT2D eigenvalue weighted by Gasteiger charge is 2.31. The van der Waals surface area contributed by atoms with E-state index in [2.05, 4.69) is 121 Å². The third-order valence-corrected chi connectivity index (χ3v) is 10.5. The van der Waals surface area contributed by atoms with Crippen molar-refractivity contribution >= 4 is 60.5 Å². The van der Waals surface area contributed by atoms with Crippen molar-refractivity contribution in [2.24, 2.45) is 0 Å².